The second-order valence-electron chi connectivity index (χ2n) is 5.08. The normalized spacial score (nSPS) is 15.5. The highest BCUT2D eigenvalue weighted by atomic mass is 19.3. The van der Waals surface area contributed by atoms with E-state index in [-0.39, 0.29) is 0 Å². The second-order valence-corrected chi connectivity index (χ2v) is 5.08. The van der Waals surface area contributed by atoms with E-state index < -0.39 is 29.5 Å². The molecule has 0 aromatic heterocycles. The molecule has 0 spiro atoms. The molecule has 0 bridgehead atoms. The third-order valence-corrected chi connectivity index (χ3v) is 1.94. The predicted molar refractivity (Wildman–Crippen MR) is 50.5 cm³/mol. The average molecular weight is 266 g/mol. The van der Waals surface area contributed by atoms with E-state index in [9.17, 15) is 26.3 Å². The van der Waals surface area contributed by atoms with Gasteiger partial charge in [0.2, 0.25) is 0 Å². The van der Waals surface area contributed by atoms with Gasteiger partial charge >= 0.3 is 18.0 Å². The highest BCUT2D eigenvalue weighted by Gasteiger charge is 2.74. The van der Waals surface area contributed by atoms with Gasteiger partial charge in [-0.2, -0.15) is 26.3 Å². The van der Waals surface area contributed by atoms with Crippen LogP contribution >= 0.6 is 0 Å². The summed E-state index contributed by atoms with van der Waals surface area (Å²) in [5, 5.41) is 0. The lowest BCUT2D eigenvalue weighted by atomic mass is 9.98. The molecule has 0 unspecified atom stereocenters. The first-order valence-electron chi connectivity index (χ1n) is 4.99. The van der Waals surface area contributed by atoms with Crippen LogP contribution in [0.5, 0.6) is 0 Å². The van der Waals surface area contributed by atoms with Crippen LogP contribution in [0.2, 0.25) is 0 Å². The molecule has 0 aromatic rings. The largest absolute Gasteiger partial charge is 0.426 e. The highest BCUT2D eigenvalue weighted by Crippen LogP contribution is 2.50. The molecular weight excluding hydrogens is 250 g/mol. The molecule has 0 heterocycles. The van der Waals surface area contributed by atoms with E-state index in [2.05, 4.69) is 4.74 Å². The summed E-state index contributed by atoms with van der Waals surface area (Å²) in [6.45, 7) is 4.70. The number of rotatable bonds is 4. The van der Waals surface area contributed by atoms with Crippen molar-refractivity contribution in [2.24, 2.45) is 5.92 Å². The molecule has 104 valence electrons. The van der Waals surface area contributed by atoms with Crippen LogP contribution in [0.4, 0.5) is 26.3 Å². The van der Waals surface area contributed by atoms with Gasteiger partial charge in [0.05, 0.1) is 5.60 Å². The Kier molecular flexibility index (Phi) is 4.21. The van der Waals surface area contributed by atoms with Crippen molar-refractivity contribution in [2.45, 2.75) is 58.2 Å². The SMILES string of the molecule is CC(C)C(F)(F)C(F)(F)C(F)(F)OC(C)(C)C. The first kappa shape index (κ1) is 16.5. The first-order chi connectivity index (χ1) is 7.15. The zero-order valence-corrected chi connectivity index (χ0v) is 10.3. The lowest BCUT2D eigenvalue weighted by Crippen LogP contribution is -2.59. The number of ether oxygens (including phenoxy) is 1. The molecule has 0 aliphatic rings. The van der Waals surface area contributed by atoms with Crippen LogP contribution < -0.4 is 0 Å². The molecule has 0 N–H and O–H groups in total. The highest BCUT2D eigenvalue weighted by molar-refractivity contribution is 4.94. The summed E-state index contributed by atoms with van der Waals surface area (Å²) in [5.74, 6) is -12.4. The first-order valence-corrected chi connectivity index (χ1v) is 4.99. The van der Waals surface area contributed by atoms with Crippen LogP contribution in [0.25, 0.3) is 0 Å². The Morgan fingerprint density at radius 2 is 1.18 bits per heavy atom. The molecule has 0 atom stereocenters. The van der Waals surface area contributed by atoms with Gasteiger partial charge in [0.25, 0.3) is 0 Å². The minimum atomic E-state index is -5.57. The molecule has 0 fully saturated rings. The lowest BCUT2D eigenvalue weighted by molar-refractivity contribution is -0.422. The van der Waals surface area contributed by atoms with E-state index in [1.165, 1.54) is 0 Å². The Morgan fingerprint density at radius 1 is 0.824 bits per heavy atom. The number of hydrogen-bond donors (Lipinski definition) is 0. The molecular formula is C10H16F6O. The molecule has 0 rings (SSSR count). The summed E-state index contributed by atoms with van der Waals surface area (Å²) < 4.78 is 82.4. The summed E-state index contributed by atoms with van der Waals surface area (Å²) in [7, 11) is 0. The summed E-state index contributed by atoms with van der Waals surface area (Å²) in [5.41, 5.74) is -1.67. The van der Waals surface area contributed by atoms with Crippen LogP contribution in [0.3, 0.4) is 0 Å². The minimum Gasteiger partial charge on any atom is -0.310 e. The fourth-order valence-electron chi connectivity index (χ4n) is 1.01. The fraction of sp³-hybridized carbons (Fsp3) is 1.00. The maximum Gasteiger partial charge on any atom is 0.426 e. The van der Waals surface area contributed by atoms with Crippen molar-refractivity contribution in [3.05, 3.63) is 0 Å². The molecule has 0 amide bonds. The predicted octanol–water partition coefficient (Wildman–Crippen LogP) is 4.32. The molecule has 7 heteroatoms. The van der Waals surface area contributed by atoms with E-state index in [0.717, 1.165) is 34.6 Å². The van der Waals surface area contributed by atoms with E-state index in [4.69, 9.17) is 0 Å². The van der Waals surface area contributed by atoms with Gasteiger partial charge in [0.1, 0.15) is 0 Å². The van der Waals surface area contributed by atoms with Gasteiger partial charge in [-0.1, -0.05) is 13.8 Å². The molecule has 0 aromatic carbocycles. The molecule has 0 aliphatic heterocycles. The number of halogens is 6. The van der Waals surface area contributed by atoms with Crippen LogP contribution in [0, 0.1) is 5.92 Å². The molecule has 0 saturated carbocycles. The van der Waals surface area contributed by atoms with Crippen LogP contribution in [-0.2, 0) is 4.74 Å². The van der Waals surface area contributed by atoms with Crippen molar-refractivity contribution in [3.63, 3.8) is 0 Å². The number of hydrogen-bond acceptors (Lipinski definition) is 1. The van der Waals surface area contributed by atoms with Crippen LogP contribution in [0.1, 0.15) is 34.6 Å². The maximum atomic E-state index is 13.1. The monoisotopic (exact) mass is 266 g/mol. The van der Waals surface area contributed by atoms with Crippen molar-refractivity contribution in [1.82, 2.24) is 0 Å². The fourth-order valence-corrected chi connectivity index (χ4v) is 1.01. The Morgan fingerprint density at radius 3 is 1.41 bits per heavy atom. The smallest absolute Gasteiger partial charge is 0.310 e. The Bertz CT molecular complexity index is 266. The standard InChI is InChI=1S/C10H16F6O/c1-6(2)8(11,12)9(13,14)10(15,16)17-7(3,4)5/h6H,1-5H3. The molecule has 0 saturated heterocycles. The van der Waals surface area contributed by atoms with Gasteiger partial charge in [-0.3, -0.25) is 0 Å². The van der Waals surface area contributed by atoms with Crippen LogP contribution in [0.15, 0.2) is 0 Å². The summed E-state index contributed by atoms with van der Waals surface area (Å²) in [4.78, 5) is 0. The van der Waals surface area contributed by atoms with Crippen molar-refractivity contribution >= 4 is 0 Å². The molecule has 1 nitrogen and oxygen atoms in total. The molecule has 0 radical (unpaired) electrons. The van der Waals surface area contributed by atoms with E-state index in [0.29, 0.717) is 0 Å². The molecule has 17 heavy (non-hydrogen) atoms. The van der Waals surface area contributed by atoms with Crippen molar-refractivity contribution < 1.29 is 31.1 Å². The van der Waals surface area contributed by atoms with Gasteiger partial charge in [-0.15, -0.1) is 0 Å². The van der Waals surface area contributed by atoms with Crippen LogP contribution in [-0.4, -0.2) is 23.6 Å². The van der Waals surface area contributed by atoms with Gasteiger partial charge in [-0.05, 0) is 20.8 Å². The summed E-state index contributed by atoms with van der Waals surface area (Å²) in [6, 6.07) is 0. The summed E-state index contributed by atoms with van der Waals surface area (Å²) in [6.07, 6.45) is -5.24. The van der Waals surface area contributed by atoms with Gasteiger partial charge in [-0.25, -0.2) is 0 Å². The second kappa shape index (κ2) is 4.33. The number of alkyl halides is 6. The van der Waals surface area contributed by atoms with Crippen molar-refractivity contribution in [1.29, 1.82) is 0 Å². The average Bonchev–Trinajstić information content (AvgIpc) is 1.98. The third kappa shape index (κ3) is 3.26. The summed E-state index contributed by atoms with van der Waals surface area (Å²) >= 11 is 0. The third-order valence-electron chi connectivity index (χ3n) is 1.94. The Hall–Kier alpha value is -0.460. The molecule has 0 aliphatic carbocycles. The Balaban J connectivity index is 5.30. The maximum absolute atomic E-state index is 13.1. The zero-order chi connectivity index (χ0) is 14.3. The van der Waals surface area contributed by atoms with E-state index in [1.54, 1.807) is 0 Å². The Labute approximate surface area is 96.1 Å². The van der Waals surface area contributed by atoms with Gasteiger partial charge in [0, 0.05) is 5.92 Å². The van der Waals surface area contributed by atoms with Crippen molar-refractivity contribution in [2.75, 3.05) is 0 Å². The lowest BCUT2D eigenvalue weighted by Gasteiger charge is -2.37. The zero-order valence-electron chi connectivity index (χ0n) is 10.3. The minimum absolute atomic E-state index is 0.737. The van der Waals surface area contributed by atoms with Gasteiger partial charge < -0.3 is 4.74 Å². The van der Waals surface area contributed by atoms with Crippen molar-refractivity contribution in [3.8, 4) is 0 Å². The quantitative estimate of drug-likeness (QED) is 0.688. The van der Waals surface area contributed by atoms with Gasteiger partial charge in [0.15, 0.2) is 0 Å². The van der Waals surface area contributed by atoms with E-state index >= 15 is 0 Å². The topological polar surface area (TPSA) is 9.23 Å². The van der Waals surface area contributed by atoms with E-state index in [1.807, 2.05) is 0 Å².